The first kappa shape index (κ1) is 15.7. The van der Waals surface area contributed by atoms with E-state index in [1.54, 1.807) is 0 Å². The maximum atomic E-state index is 12.5. The van der Waals surface area contributed by atoms with Gasteiger partial charge in [0.2, 0.25) is 0 Å². The molecule has 0 radical (unpaired) electrons. The Hall–Kier alpha value is -2.67. The number of fused-ring (bicyclic) bond motifs is 1. The number of methoxy groups -OCH3 is 1. The number of benzene rings is 1. The fourth-order valence-corrected chi connectivity index (χ4v) is 2.44. The molecule has 1 atom stereocenters. The minimum atomic E-state index is -1.26. The van der Waals surface area contributed by atoms with Gasteiger partial charge in [-0.2, -0.15) is 0 Å². The molecule has 1 aromatic carbocycles. The number of rotatable bonds is 3. The summed E-state index contributed by atoms with van der Waals surface area (Å²) in [5.41, 5.74) is -1.04. The molecule has 0 spiro atoms. The average molecular weight is 306 g/mol. The summed E-state index contributed by atoms with van der Waals surface area (Å²) in [5.74, 6) is -4.62. The van der Waals surface area contributed by atoms with Gasteiger partial charge in [-0.15, -0.1) is 0 Å². The van der Waals surface area contributed by atoms with Crippen molar-refractivity contribution >= 4 is 17.3 Å². The zero-order valence-corrected chi connectivity index (χ0v) is 11.9. The number of allylic oxidation sites excluding steroid dienone is 1. The maximum absolute atomic E-state index is 12.5. The third kappa shape index (κ3) is 2.25. The molecule has 1 aliphatic rings. The lowest BCUT2D eigenvalue weighted by Crippen LogP contribution is -2.32. The minimum Gasteiger partial charge on any atom is -0.507 e. The summed E-state index contributed by atoms with van der Waals surface area (Å²) in [5, 5.41) is 29.4. The zero-order chi connectivity index (χ0) is 16.6. The van der Waals surface area contributed by atoms with Crippen LogP contribution in [-0.2, 0) is 4.79 Å². The van der Waals surface area contributed by atoms with Crippen LogP contribution in [0.15, 0.2) is 17.7 Å². The molecule has 1 unspecified atom stereocenters. The van der Waals surface area contributed by atoms with Crippen LogP contribution in [0.3, 0.4) is 0 Å². The highest BCUT2D eigenvalue weighted by atomic mass is 16.5. The van der Waals surface area contributed by atoms with Gasteiger partial charge in [-0.05, 0) is 13.0 Å². The van der Waals surface area contributed by atoms with E-state index in [1.165, 1.54) is 14.0 Å². The van der Waals surface area contributed by atoms with Gasteiger partial charge >= 0.3 is 0 Å². The molecule has 116 valence electrons. The summed E-state index contributed by atoms with van der Waals surface area (Å²) in [7, 11) is 1.22. The van der Waals surface area contributed by atoms with Crippen molar-refractivity contribution in [3.05, 3.63) is 28.8 Å². The molecule has 7 heteroatoms. The van der Waals surface area contributed by atoms with E-state index < -0.39 is 46.9 Å². The number of aliphatic hydroxyl groups is 1. The standard InChI is InChI=1S/C15H14O7/c1-6(17)3-7-8(5-16)14(20)11-9(18)4-10(22-2)15(21)12(11)13(7)19/h3-4,8,16,18,21H,5H2,1-2H3/b7-3-. The van der Waals surface area contributed by atoms with Crippen molar-refractivity contribution in [2.24, 2.45) is 5.92 Å². The summed E-state index contributed by atoms with van der Waals surface area (Å²) < 4.78 is 4.84. The van der Waals surface area contributed by atoms with Gasteiger partial charge in [-0.25, -0.2) is 0 Å². The van der Waals surface area contributed by atoms with Gasteiger partial charge in [0.1, 0.15) is 5.75 Å². The van der Waals surface area contributed by atoms with Crippen LogP contribution < -0.4 is 4.74 Å². The molecule has 0 amide bonds. The lowest BCUT2D eigenvalue weighted by Gasteiger charge is -2.25. The Bertz CT molecular complexity index is 715. The molecule has 7 nitrogen and oxygen atoms in total. The molecular formula is C15H14O7. The van der Waals surface area contributed by atoms with Crippen LogP contribution in [0.5, 0.6) is 17.2 Å². The number of hydrogen-bond donors (Lipinski definition) is 3. The molecule has 0 fully saturated rings. The molecule has 0 aromatic heterocycles. The van der Waals surface area contributed by atoms with Crippen molar-refractivity contribution in [3.63, 3.8) is 0 Å². The van der Waals surface area contributed by atoms with Gasteiger partial charge in [-0.1, -0.05) is 0 Å². The third-order valence-corrected chi connectivity index (χ3v) is 3.43. The number of ether oxygens (including phenoxy) is 1. The van der Waals surface area contributed by atoms with Gasteiger partial charge in [0.05, 0.1) is 30.8 Å². The summed E-state index contributed by atoms with van der Waals surface area (Å²) >= 11 is 0. The zero-order valence-electron chi connectivity index (χ0n) is 11.9. The van der Waals surface area contributed by atoms with E-state index in [0.29, 0.717) is 0 Å². The van der Waals surface area contributed by atoms with E-state index in [0.717, 1.165) is 12.1 Å². The Balaban J connectivity index is 2.82. The first-order valence-electron chi connectivity index (χ1n) is 6.38. The monoisotopic (exact) mass is 306 g/mol. The van der Waals surface area contributed by atoms with Crippen LogP contribution >= 0.6 is 0 Å². The first-order chi connectivity index (χ1) is 10.3. The van der Waals surface area contributed by atoms with Crippen LogP contribution in [0.2, 0.25) is 0 Å². The smallest absolute Gasteiger partial charge is 0.194 e. The number of carbonyl (C=O) groups excluding carboxylic acids is 3. The van der Waals surface area contributed by atoms with Crippen molar-refractivity contribution < 1.29 is 34.4 Å². The Kier molecular flexibility index (Phi) is 4.01. The largest absolute Gasteiger partial charge is 0.507 e. The fraction of sp³-hybridized carbons (Fsp3) is 0.267. The second kappa shape index (κ2) is 5.61. The Labute approximate surface area is 125 Å². The van der Waals surface area contributed by atoms with E-state index in [4.69, 9.17) is 4.74 Å². The number of ketones is 3. The first-order valence-corrected chi connectivity index (χ1v) is 6.38. The molecule has 0 aliphatic heterocycles. The molecule has 1 aliphatic carbocycles. The average Bonchev–Trinajstić information content (AvgIpc) is 2.46. The van der Waals surface area contributed by atoms with Crippen LogP contribution in [0.25, 0.3) is 0 Å². The van der Waals surface area contributed by atoms with Gasteiger partial charge < -0.3 is 20.1 Å². The van der Waals surface area contributed by atoms with Gasteiger partial charge in [0, 0.05) is 11.6 Å². The normalized spacial score (nSPS) is 19.2. The number of hydrogen-bond acceptors (Lipinski definition) is 7. The quantitative estimate of drug-likeness (QED) is 0.552. The predicted octanol–water partition coefficient (Wildman–Crippen LogP) is 0.609. The highest BCUT2D eigenvalue weighted by Gasteiger charge is 2.41. The maximum Gasteiger partial charge on any atom is 0.194 e. The molecule has 0 saturated carbocycles. The minimum absolute atomic E-state index is 0.179. The second-order valence-electron chi connectivity index (χ2n) is 4.84. The third-order valence-electron chi connectivity index (χ3n) is 3.43. The SMILES string of the molecule is COc1cc(O)c2c(c1O)C(=O)/C(=C\C(C)=O)C(CO)C2=O. The summed E-state index contributed by atoms with van der Waals surface area (Å²) in [6.07, 6.45) is 0.944. The number of carbonyl (C=O) groups is 3. The van der Waals surface area contributed by atoms with E-state index >= 15 is 0 Å². The molecule has 2 rings (SSSR count). The fourth-order valence-electron chi connectivity index (χ4n) is 2.44. The summed E-state index contributed by atoms with van der Waals surface area (Å²) in [6.45, 7) is 0.493. The van der Waals surface area contributed by atoms with Gasteiger partial charge in [0.15, 0.2) is 28.8 Å². The van der Waals surface area contributed by atoms with E-state index in [-0.39, 0.29) is 16.9 Å². The number of aromatic hydroxyl groups is 2. The molecule has 0 heterocycles. The van der Waals surface area contributed by atoms with Crippen LogP contribution in [-0.4, -0.2) is 46.4 Å². The van der Waals surface area contributed by atoms with Crippen LogP contribution in [0.4, 0.5) is 0 Å². The Morgan fingerprint density at radius 1 is 1.32 bits per heavy atom. The van der Waals surface area contributed by atoms with E-state index in [9.17, 15) is 29.7 Å². The van der Waals surface area contributed by atoms with Gasteiger partial charge in [-0.3, -0.25) is 14.4 Å². The van der Waals surface area contributed by atoms with Crippen molar-refractivity contribution in [2.45, 2.75) is 6.92 Å². The topological polar surface area (TPSA) is 121 Å². The highest BCUT2D eigenvalue weighted by Crippen LogP contribution is 2.44. The summed E-state index contributed by atoms with van der Waals surface area (Å²) in [4.78, 5) is 36.1. The van der Waals surface area contributed by atoms with Crippen LogP contribution in [0, 0.1) is 5.92 Å². The van der Waals surface area contributed by atoms with Crippen molar-refractivity contribution in [1.29, 1.82) is 0 Å². The van der Waals surface area contributed by atoms with E-state index in [1.807, 2.05) is 0 Å². The number of phenolic OH excluding ortho intramolecular Hbond substituents is 2. The highest BCUT2D eigenvalue weighted by molar-refractivity contribution is 6.27. The lowest BCUT2D eigenvalue weighted by atomic mass is 9.77. The number of Topliss-reactive ketones (excluding diaryl/α,β-unsaturated/α-hetero) is 2. The lowest BCUT2D eigenvalue weighted by molar-refractivity contribution is -0.112. The van der Waals surface area contributed by atoms with Crippen molar-refractivity contribution in [1.82, 2.24) is 0 Å². The number of aliphatic hydroxyl groups excluding tert-OH is 1. The van der Waals surface area contributed by atoms with Crippen molar-refractivity contribution in [2.75, 3.05) is 13.7 Å². The molecule has 22 heavy (non-hydrogen) atoms. The van der Waals surface area contributed by atoms with Crippen LogP contribution in [0.1, 0.15) is 27.6 Å². The van der Waals surface area contributed by atoms with Gasteiger partial charge in [0.25, 0.3) is 0 Å². The molecule has 0 saturated heterocycles. The predicted molar refractivity (Wildman–Crippen MR) is 74.3 cm³/mol. The Morgan fingerprint density at radius 2 is 1.95 bits per heavy atom. The Morgan fingerprint density at radius 3 is 2.45 bits per heavy atom. The van der Waals surface area contributed by atoms with E-state index in [2.05, 4.69) is 0 Å². The molecule has 1 aromatic rings. The summed E-state index contributed by atoms with van der Waals surface area (Å²) in [6, 6.07) is 1.01. The molecule has 3 N–H and O–H groups in total. The van der Waals surface area contributed by atoms with Crippen molar-refractivity contribution in [3.8, 4) is 17.2 Å². The molecule has 0 bridgehead atoms. The molecular weight excluding hydrogens is 292 g/mol. The number of phenols is 2. The second-order valence-corrected chi connectivity index (χ2v) is 4.84.